The Hall–Kier alpha value is -2.44. The molecule has 0 aliphatic carbocycles. The van der Waals surface area contributed by atoms with Crippen LogP contribution < -0.4 is 0 Å². The van der Waals surface area contributed by atoms with Crippen LogP contribution >= 0.6 is 0 Å². The van der Waals surface area contributed by atoms with Crippen molar-refractivity contribution in [1.82, 2.24) is 0 Å². The van der Waals surface area contributed by atoms with Crippen LogP contribution in [0.15, 0.2) is 24.3 Å². The van der Waals surface area contributed by atoms with Crippen molar-refractivity contribution in [1.29, 1.82) is 0 Å². The van der Waals surface area contributed by atoms with Gasteiger partial charge in [0.2, 0.25) is 0 Å². The van der Waals surface area contributed by atoms with Crippen LogP contribution in [0.25, 0.3) is 0 Å². The molecule has 0 amide bonds. The number of hydrogen-bond donors (Lipinski definition) is 1. The Morgan fingerprint density at radius 1 is 1.24 bits per heavy atom. The van der Waals surface area contributed by atoms with Gasteiger partial charge in [-0.15, -0.1) is 0 Å². The predicted octanol–water partition coefficient (Wildman–Crippen LogP) is -0.184. The predicted molar refractivity (Wildman–Crippen MR) is 53.6 cm³/mol. The topological polar surface area (TPSA) is 107 Å². The van der Waals surface area contributed by atoms with Crippen LogP contribution in [0.1, 0.15) is 6.92 Å². The molecule has 0 fully saturated rings. The zero-order chi connectivity index (χ0) is 13.4. The average Bonchev–Trinajstić information content (AvgIpc) is 2.23. The third-order valence-corrected chi connectivity index (χ3v) is 1.25. The number of carboxylic acid groups (broad SMARTS) is 1. The molecule has 0 aromatic heterocycles. The maximum atomic E-state index is 10.9. The van der Waals surface area contributed by atoms with Crippen LogP contribution in [0, 0.1) is 0 Å². The van der Waals surface area contributed by atoms with E-state index in [9.17, 15) is 19.2 Å². The SMILES string of the molecule is C=C(C)C(=O)OC(=O)COC(=O)C=CC(=O)O. The van der Waals surface area contributed by atoms with Gasteiger partial charge in [-0.25, -0.2) is 19.2 Å². The summed E-state index contributed by atoms with van der Waals surface area (Å²) in [4.78, 5) is 42.5. The molecule has 0 saturated carbocycles. The molecule has 0 aromatic rings. The largest absolute Gasteiger partial charge is 0.478 e. The highest BCUT2D eigenvalue weighted by Gasteiger charge is 2.12. The fourth-order valence-corrected chi connectivity index (χ4v) is 0.537. The molecular formula is C10H10O7. The number of esters is 3. The smallest absolute Gasteiger partial charge is 0.352 e. The van der Waals surface area contributed by atoms with Crippen molar-refractivity contribution < 1.29 is 33.8 Å². The summed E-state index contributed by atoms with van der Waals surface area (Å²) in [6.07, 6.45) is 1.17. The average molecular weight is 242 g/mol. The Balaban J connectivity index is 4.01. The number of aliphatic carboxylic acids is 1. The highest BCUT2D eigenvalue weighted by atomic mass is 16.6. The molecule has 0 unspecified atom stereocenters. The van der Waals surface area contributed by atoms with E-state index in [4.69, 9.17) is 5.11 Å². The molecule has 0 aliphatic heterocycles. The number of carbonyl (C=O) groups is 4. The third kappa shape index (κ3) is 7.48. The summed E-state index contributed by atoms with van der Waals surface area (Å²) in [5, 5.41) is 8.18. The van der Waals surface area contributed by atoms with E-state index in [1.165, 1.54) is 6.92 Å². The third-order valence-electron chi connectivity index (χ3n) is 1.25. The van der Waals surface area contributed by atoms with Gasteiger partial charge in [0, 0.05) is 17.7 Å². The number of ether oxygens (including phenoxy) is 2. The summed E-state index contributed by atoms with van der Waals surface area (Å²) in [5.74, 6) is -4.36. The maximum absolute atomic E-state index is 10.9. The van der Waals surface area contributed by atoms with Gasteiger partial charge >= 0.3 is 23.9 Å². The second kappa shape index (κ2) is 6.94. The zero-order valence-corrected chi connectivity index (χ0v) is 8.97. The maximum Gasteiger partial charge on any atom is 0.352 e. The first-order chi connectivity index (χ1) is 7.82. The lowest BCUT2D eigenvalue weighted by Crippen LogP contribution is -2.19. The van der Waals surface area contributed by atoms with Crippen LogP contribution in [0.4, 0.5) is 0 Å². The minimum atomic E-state index is -1.33. The minimum Gasteiger partial charge on any atom is -0.478 e. The molecule has 0 spiro atoms. The fraction of sp³-hybridized carbons (Fsp3) is 0.200. The summed E-state index contributed by atoms with van der Waals surface area (Å²) >= 11 is 0. The van der Waals surface area contributed by atoms with Crippen LogP contribution in [0.2, 0.25) is 0 Å². The number of carboxylic acids is 1. The zero-order valence-electron chi connectivity index (χ0n) is 8.97. The lowest BCUT2D eigenvalue weighted by atomic mass is 10.4. The molecule has 0 aliphatic rings. The van der Waals surface area contributed by atoms with E-state index < -0.39 is 30.5 Å². The van der Waals surface area contributed by atoms with Gasteiger partial charge in [0.15, 0.2) is 6.61 Å². The summed E-state index contributed by atoms with van der Waals surface area (Å²) < 4.78 is 8.48. The van der Waals surface area contributed by atoms with Gasteiger partial charge in [-0.05, 0) is 6.92 Å². The first-order valence-corrected chi connectivity index (χ1v) is 4.31. The van der Waals surface area contributed by atoms with Crippen molar-refractivity contribution in [2.75, 3.05) is 6.61 Å². The van der Waals surface area contributed by atoms with Crippen molar-refractivity contribution >= 4 is 23.9 Å². The Morgan fingerprint density at radius 2 is 1.82 bits per heavy atom. The lowest BCUT2D eigenvalue weighted by molar-refractivity contribution is -0.163. The fourth-order valence-electron chi connectivity index (χ4n) is 0.537. The van der Waals surface area contributed by atoms with Gasteiger partial charge in [0.05, 0.1) is 0 Å². The Labute approximate surface area is 96.3 Å². The molecule has 0 heterocycles. The number of carbonyl (C=O) groups excluding carboxylic acids is 3. The molecule has 0 saturated heterocycles. The second-order valence-electron chi connectivity index (χ2n) is 2.82. The highest BCUT2D eigenvalue weighted by Crippen LogP contribution is 1.93. The Bertz CT molecular complexity index is 391. The van der Waals surface area contributed by atoms with Gasteiger partial charge in [-0.1, -0.05) is 6.58 Å². The Kier molecular flexibility index (Phi) is 5.94. The molecule has 0 aromatic carbocycles. The van der Waals surface area contributed by atoms with Crippen LogP contribution in [0.3, 0.4) is 0 Å². The summed E-state index contributed by atoms with van der Waals surface area (Å²) in [6, 6.07) is 0. The van der Waals surface area contributed by atoms with Crippen LogP contribution in [-0.2, 0) is 28.7 Å². The lowest BCUT2D eigenvalue weighted by Gasteiger charge is -2.02. The normalized spacial score (nSPS) is 9.71. The van der Waals surface area contributed by atoms with Crippen molar-refractivity contribution in [3.8, 4) is 0 Å². The van der Waals surface area contributed by atoms with E-state index in [-0.39, 0.29) is 5.57 Å². The number of hydrogen-bond acceptors (Lipinski definition) is 6. The molecule has 7 nitrogen and oxygen atoms in total. The molecule has 0 atom stereocenters. The van der Waals surface area contributed by atoms with Crippen LogP contribution in [-0.4, -0.2) is 35.6 Å². The second-order valence-corrected chi connectivity index (χ2v) is 2.82. The van der Waals surface area contributed by atoms with E-state index in [0.29, 0.717) is 12.2 Å². The van der Waals surface area contributed by atoms with Gasteiger partial charge < -0.3 is 14.6 Å². The van der Waals surface area contributed by atoms with Crippen molar-refractivity contribution in [3.63, 3.8) is 0 Å². The van der Waals surface area contributed by atoms with Gasteiger partial charge in [0.1, 0.15) is 0 Å². The van der Waals surface area contributed by atoms with Gasteiger partial charge in [0.25, 0.3) is 0 Å². The number of rotatable bonds is 5. The van der Waals surface area contributed by atoms with Gasteiger partial charge in [-0.3, -0.25) is 0 Å². The Morgan fingerprint density at radius 3 is 2.29 bits per heavy atom. The van der Waals surface area contributed by atoms with Crippen LogP contribution in [0.5, 0.6) is 0 Å². The van der Waals surface area contributed by atoms with E-state index in [0.717, 1.165) is 0 Å². The van der Waals surface area contributed by atoms with E-state index in [1.54, 1.807) is 0 Å². The highest BCUT2D eigenvalue weighted by molar-refractivity contribution is 5.96. The minimum absolute atomic E-state index is 0.0236. The molecule has 0 radical (unpaired) electrons. The summed E-state index contributed by atoms with van der Waals surface area (Å²) in [5.41, 5.74) is 0.0236. The molecule has 0 bridgehead atoms. The van der Waals surface area contributed by atoms with E-state index in [1.807, 2.05) is 0 Å². The van der Waals surface area contributed by atoms with Crippen molar-refractivity contribution in [2.45, 2.75) is 6.92 Å². The molecule has 17 heavy (non-hydrogen) atoms. The molecule has 1 N–H and O–H groups in total. The standard InChI is InChI=1S/C10H10O7/c1-6(2)10(15)17-9(14)5-16-8(13)4-3-7(11)12/h3-4H,1,5H2,2H3,(H,11,12). The van der Waals surface area contributed by atoms with E-state index >= 15 is 0 Å². The first kappa shape index (κ1) is 14.6. The quantitative estimate of drug-likeness (QED) is 0.404. The molecule has 92 valence electrons. The first-order valence-electron chi connectivity index (χ1n) is 4.31. The summed E-state index contributed by atoms with van der Waals surface area (Å²) in [6.45, 7) is 3.80. The van der Waals surface area contributed by atoms with Crippen molar-refractivity contribution in [3.05, 3.63) is 24.3 Å². The summed E-state index contributed by atoms with van der Waals surface area (Å²) in [7, 11) is 0. The monoisotopic (exact) mass is 242 g/mol. The van der Waals surface area contributed by atoms with Gasteiger partial charge in [-0.2, -0.15) is 0 Å². The molecule has 7 heteroatoms. The molecular weight excluding hydrogens is 232 g/mol. The molecule has 0 rings (SSSR count). The van der Waals surface area contributed by atoms with Crippen molar-refractivity contribution in [2.24, 2.45) is 0 Å². The van der Waals surface area contributed by atoms with E-state index in [2.05, 4.69) is 16.1 Å².